The zero-order chi connectivity index (χ0) is 20.2. The minimum Gasteiger partial charge on any atom is -0.480 e. The number of carbonyl (C=O) groups excluding carboxylic acids is 2. The minimum atomic E-state index is -0.987. The summed E-state index contributed by atoms with van der Waals surface area (Å²) in [6.07, 6.45) is 1.97. The molecule has 0 radical (unpaired) electrons. The highest BCUT2D eigenvalue weighted by Gasteiger charge is 2.28. The van der Waals surface area contributed by atoms with Crippen LogP contribution in [0.3, 0.4) is 0 Å². The molecule has 0 saturated heterocycles. The molecule has 0 fully saturated rings. The summed E-state index contributed by atoms with van der Waals surface area (Å²) in [5.41, 5.74) is 0.927. The standard InChI is InChI=1S/C20H30N2O5/c1-15(2)18(19(24)25)22(3)17(23)12-8-5-9-13-21-20(26)27-14-16-10-6-4-7-11-16/h4,6-7,10-11,15,18H,5,8-9,12-14H2,1-3H3,(H,21,26)(H,24,25)/t18-/m0/s1. The van der Waals surface area contributed by atoms with Crippen molar-refractivity contribution in [2.75, 3.05) is 13.6 Å². The highest BCUT2D eigenvalue weighted by molar-refractivity contribution is 5.83. The molecular weight excluding hydrogens is 348 g/mol. The molecule has 0 aromatic heterocycles. The van der Waals surface area contributed by atoms with Crippen LogP contribution in [0.2, 0.25) is 0 Å². The third kappa shape index (κ3) is 8.57. The maximum atomic E-state index is 12.1. The average Bonchev–Trinajstić information content (AvgIpc) is 2.62. The summed E-state index contributed by atoms with van der Waals surface area (Å²) in [6.45, 7) is 4.27. The molecule has 1 aromatic carbocycles. The molecule has 150 valence electrons. The fourth-order valence-corrected chi connectivity index (χ4v) is 2.77. The van der Waals surface area contributed by atoms with Crippen molar-refractivity contribution in [2.24, 2.45) is 5.92 Å². The van der Waals surface area contributed by atoms with Gasteiger partial charge in [0, 0.05) is 20.0 Å². The van der Waals surface area contributed by atoms with E-state index < -0.39 is 18.1 Å². The number of carboxylic acid groups (broad SMARTS) is 1. The van der Waals surface area contributed by atoms with Crippen molar-refractivity contribution in [3.8, 4) is 0 Å². The van der Waals surface area contributed by atoms with Crippen molar-refractivity contribution in [3.63, 3.8) is 0 Å². The second-order valence-corrected chi connectivity index (χ2v) is 6.83. The van der Waals surface area contributed by atoms with Crippen LogP contribution in [-0.4, -0.2) is 47.6 Å². The van der Waals surface area contributed by atoms with E-state index in [4.69, 9.17) is 4.74 Å². The molecule has 0 aliphatic heterocycles. The van der Waals surface area contributed by atoms with E-state index in [0.717, 1.165) is 18.4 Å². The number of carbonyl (C=O) groups is 3. The normalized spacial score (nSPS) is 11.7. The lowest BCUT2D eigenvalue weighted by molar-refractivity contribution is -0.151. The summed E-state index contributed by atoms with van der Waals surface area (Å²) in [7, 11) is 1.53. The first kappa shape index (κ1) is 22.5. The molecule has 0 heterocycles. The van der Waals surface area contributed by atoms with Crippen molar-refractivity contribution < 1.29 is 24.2 Å². The number of aliphatic carboxylic acids is 1. The predicted molar refractivity (Wildman–Crippen MR) is 102 cm³/mol. The Balaban J connectivity index is 2.14. The number of hydrogen-bond donors (Lipinski definition) is 2. The van der Waals surface area contributed by atoms with E-state index in [1.165, 1.54) is 11.9 Å². The molecule has 0 spiro atoms. The maximum Gasteiger partial charge on any atom is 0.407 e. The molecule has 0 aliphatic carbocycles. The Morgan fingerprint density at radius 3 is 2.37 bits per heavy atom. The van der Waals surface area contributed by atoms with Crippen LogP contribution in [0.4, 0.5) is 4.79 Å². The van der Waals surface area contributed by atoms with Crippen LogP contribution in [0.1, 0.15) is 45.1 Å². The number of amides is 2. The third-order valence-electron chi connectivity index (χ3n) is 4.24. The van der Waals surface area contributed by atoms with Gasteiger partial charge in [0.25, 0.3) is 0 Å². The fourth-order valence-electron chi connectivity index (χ4n) is 2.77. The van der Waals surface area contributed by atoms with Gasteiger partial charge in [-0.3, -0.25) is 4.79 Å². The van der Waals surface area contributed by atoms with Gasteiger partial charge in [-0.25, -0.2) is 9.59 Å². The third-order valence-corrected chi connectivity index (χ3v) is 4.24. The zero-order valence-electron chi connectivity index (χ0n) is 16.3. The monoisotopic (exact) mass is 378 g/mol. The molecule has 7 heteroatoms. The topological polar surface area (TPSA) is 95.9 Å². The molecule has 1 atom stereocenters. The molecule has 0 aliphatic rings. The van der Waals surface area contributed by atoms with Crippen molar-refractivity contribution >= 4 is 18.0 Å². The number of rotatable bonds is 11. The van der Waals surface area contributed by atoms with Gasteiger partial charge < -0.3 is 20.1 Å². The molecule has 1 rings (SSSR count). The summed E-state index contributed by atoms with van der Waals surface area (Å²) in [5.74, 6) is -1.31. The lowest BCUT2D eigenvalue weighted by Gasteiger charge is -2.27. The maximum absolute atomic E-state index is 12.1. The number of hydrogen-bond acceptors (Lipinski definition) is 4. The van der Waals surface area contributed by atoms with Crippen LogP contribution in [0.5, 0.6) is 0 Å². The first-order valence-corrected chi connectivity index (χ1v) is 9.26. The van der Waals surface area contributed by atoms with Gasteiger partial charge >= 0.3 is 12.1 Å². The van der Waals surface area contributed by atoms with Crippen LogP contribution < -0.4 is 5.32 Å². The minimum absolute atomic E-state index is 0.150. The van der Waals surface area contributed by atoms with E-state index in [1.807, 2.05) is 30.3 Å². The van der Waals surface area contributed by atoms with E-state index >= 15 is 0 Å². The number of benzene rings is 1. The Morgan fingerprint density at radius 1 is 1.11 bits per heavy atom. The van der Waals surface area contributed by atoms with Crippen molar-refractivity contribution in [1.82, 2.24) is 10.2 Å². The lowest BCUT2D eigenvalue weighted by Crippen LogP contribution is -2.45. The smallest absolute Gasteiger partial charge is 0.407 e. The summed E-state index contributed by atoms with van der Waals surface area (Å²) in [6, 6.07) is 8.63. The lowest BCUT2D eigenvalue weighted by atomic mass is 10.0. The van der Waals surface area contributed by atoms with Crippen molar-refractivity contribution in [2.45, 2.75) is 52.2 Å². The largest absolute Gasteiger partial charge is 0.480 e. The van der Waals surface area contributed by atoms with E-state index in [0.29, 0.717) is 19.4 Å². The quantitative estimate of drug-likeness (QED) is 0.577. The summed E-state index contributed by atoms with van der Waals surface area (Å²) in [4.78, 5) is 36.3. The Labute approximate surface area is 160 Å². The second kappa shape index (κ2) is 11.9. The molecule has 2 N–H and O–H groups in total. The number of likely N-dealkylation sites (N-methyl/N-ethyl adjacent to an activating group) is 1. The summed E-state index contributed by atoms with van der Waals surface area (Å²) >= 11 is 0. The summed E-state index contributed by atoms with van der Waals surface area (Å²) < 4.78 is 5.11. The number of ether oxygens (including phenoxy) is 1. The van der Waals surface area contributed by atoms with Crippen molar-refractivity contribution in [3.05, 3.63) is 35.9 Å². The first-order chi connectivity index (χ1) is 12.8. The highest BCUT2D eigenvalue weighted by atomic mass is 16.5. The predicted octanol–water partition coefficient (Wildman–Crippen LogP) is 3.04. The van der Waals surface area contributed by atoms with Gasteiger partial charge in [0.15, 0.2) is 0 Å². The van der Waals surface area contributed by atoms with Crippen LogP contribution in [0.25, 0.3) is 0 Å². The Morgan fingerprint density at radius 2 is 1.78 bits per heavy atom. The van der Waals surface area contributed by atoms with Gasteiger partial charge in [0.2, 0.25) is 5.91 Å². The van der Waals surface area contributed by atoms with Crippen LogP contribution in [-0.2, 0) is 20.9 Å². The van der Waals surface area contributed by atoms with Gasteiger partial charge in [-0.2, -0.15) is 0 Å². The number of nitrogens with one attached hydrogen (secondary N) is 1. The fraction of sp³-hybridized carbons (Fsp3) is 0.550. The molecule has 0 bridgehead atoms. The molecule has 1 aromatic rings. The second-order valence-electron chi connectivity index (χ2n) is 6.83. The van der Waals surface area contributed by atoms with Gasteiger partial charge in [-0.15, -0.1) is 0 Å². The average molecular weight is 378 g/mol. The van der Waals surface area contributed by atoms with Crippen molar-refractivity contribution in [1.29, 1.82) is 0 Å². The molecule has 0 unspecified atom stereocenters. The van der Waals surface area contributed by atoms with Crippen LogP contribution in [0, 0.1) is 5.92 Å². The summed E-state index contributed by atoms with van der Waals surface area (Å²) in [5, 5.41) is 11.9. The number of alkyl carbamates (subject to hydrolysis) is 1. The Kier molecular flexibility index (Phi) is 9.93. The van der Waals surface area contributed by atoms with Gasteiger partial charge in [-0.05, 0) is 24.3 Å². The molecular formula is C20H30N2O5. The molecule has 2 amide bonds. The number of unbranched alkanes of at least 4 members (excludes halogenated alkanes) is 2. The van der Waals surface area contributed by atoms with E-state index in [-0.39, 0.29) is 18.4 Å². The molecule has 0 saturated carbocycles. The van der Waals surface area contributed by atoms with Gasteiger partial charge in [0.1, 0.15) is 12.6 Å². The van der Waals surface area contributed by atoms with Gasteiger partial charge in [0.05, 0.1) is 0 Å². The molecule has 7 nitrogen and oxygen atoms in total. The highest BCUT2D eigenvalue weighted by Crippen LogP contribution is 2.12. The number of nitrogens with zero attached hydrogens (tertiary/aromatic N) is 1. The van der Waals surface area contributed by atoms with Crippen LogP contribution >= 0.6 is 0 Å². The first-order valence-electron chi connectivity index (χ1n) is 9.26. The van der Waals surface area contributed by atoms with Crippen LogP contribution in [0.15, 0.2) is 30.3 Å². The SMILES string of the molecule is CC(C)[C@@H](C(=O)O)N(C)C(=O)CCCCCNC(=O)OCc1ccccc1. The van der Waals surface area contributed by atoms with E-state index in [1.54, 1.807) is 13.8 Å². The Hall–Kier alpha value is -2.57. The van der Waals surface area contributed by atoms with E-state index in [2.05, 4.69) is 5.32 Å². The molecule has 27 heavy (non-hydrogen) atoms. The van der Waals surface area contributed by atoms with Gasteiger partial charge in [-0.1, -0.05) is 50.6 Å². The number of carboxylic acids is 1. The zero-order valence-corrected chi connectivity index (χ0v) is 16.3. The Bertz CT molecular complexity index is 604. The van der Waals surface area contributed by atoms with E-state index in [9.17, 15) is 19.5 Å².